The zero-order chi connectivity index (χ0) is 9.94. The second-order valence-corrected chi connectivity index (χ2v) is 3.84. The Morgan fingerprint density at radius 2 is 1.69 bits per heavy atom. The summed E-state index contributed by atoms with van der Waals surface area (Å²) in [6, 6.07) is 0. The topological polar surface area (TPSA) is 132 Å². The summed E-state index contributed by atoms with van der Waals surface area (Å²) in [5.41, 5.74) is -2.16. The number of hydrogen-bond donors (Lipinski definition) is 4. The van der Waals surface area contributed by atoms with E-state index < -0.39 is 31.6 Å². The smallest absolute Gasteiger partial charge is 1.00 e. The molecule has 9 heteroatoms. The van der Waals surface area contributed by atoms with E-state index in [0.717, 1.165) is 0 Å². The first-order chi connectivity index (χ1) is 5.25. The molecule has 0 spiro atoms. The average Bonchev–Trinajstić information content (AvgIpc) is 1.79. The SMILES string of the molecule is O=C(O)CC(C(=O)O)P(=O)(O)O.[H-].[Na+]. The van der Waals surface area contributed by atoms with Gasteiger partial charge in [-0.1, -0.05) is 0 Å². The van der Waals surface area contributed by atoms with Gasteiger partial charge in [-0.2, -0.15) is 0 Å². The van der Waals surface area contributed by atoms with Crippen molar-refractivity contribution in [3.05, 3.63) is 0 Å². The van der Waals surface area contributed by atoms with Crippen LogP contribution < -0.4 is 29.6 Å². The van der Waals surface area contributed by atoms with E-state index in [1.165, 1.54) is 0 Å². The number of carboxylic acid groups (broad SMARTS) is 2. The van der Waals surface area contributed by atoms with E-state index in [1.54, 1.807) is 0 Å². The molecule has 0 heterocycles. The van der Waals surface area contributed by atoms with Crippen molar-refractivity contribution >= 4 is 19.5 Å². The molecule has 0 aromatic rings. The molecule has 13 heavy (non-hydrogen) atoms. The van der Waals surface area contributed by atoms with Gasteiger partial charge in [0.1, 0.15) is 0 Å². The summed E-state index contributed by atoms with van der Waals surface area (Å²) in [6.45, 7) is 0. The fourth-order valence-corrected chi connectivity index (χ4v) is 1.20. The Labute approximate surface area is 96.7 Å². The normalized spacial score (nSPS) is 12.8. The van der Waals surface area contributed by atoms with Gasteiger partial charge in [-0.3, -0.25) is 14.2 Å². The van der Waals surface area contributed by atoms with Gasteiger partial charge in [0.15, 0.2) is 5.66 Å². The molecule has 4 N–H and O–H groups in total. The van der Waals surface area contributed by atoms with Crippen LogP contribution in [-0.4, -0.2) is 37.6 Å². The Kier molecular flexibility index (Phi) is 6.87. The molecule has 0 amide bonds. The zero-order valence-electron chi connectivity index (χ0n) is 7.75. The van der Waals surface area contributed by atoms with Gasteiger partial charge in [-0.05, 0) is 0 Å². The van der Waals surface area contributed by atoms with Crippen molar-refractivity contribution in [2.45, 2.75) is 12.1 Å². The minimum absolute atomic E-state index is 0. The van der Waals surface area contributed by atoms with Crippen molar-refractivity contribution in [3.63, 3.8) is 0 Å². The van der Waals surface area contributed by atoms with Crippen molar-refractivity contribution in [2.24, 2.45) is 0 Å². The van der Waals surface area contributed by atoms with Gasteiger partial charge in [-0.15, -0.1) is 0 Å². The van der Waals surface area contributed by atoms with Crippen LogP contribution in [0.1, 0.15) is 7.85 Å². The molecule has 1 unspecified atom stereocenters. The number of carbonyl (C=O) groups is 2. The fraction of sp³-hybridized carbons (Fsp3) is 0.500. The Bertz CT molecular complexity index is 250. The maximum atomic E-state index is 10.4. The van der Waals surface area contributed by atoms with Gasteiger partial charge in [0.05, 0.1) is 6.42 Å². The molecule has 0 rings (SSSR count). The third kappa shape index (κ3) is 6.20. The van der Waals surface area contributed by atoms with Crippen molar-refractivity contribution in [3.8, 4) is 0 Å². The predicted molar refractivity (Wildman–Crippen MR) is 36.8 cm³/mol. The summed E-state index contributed by atoms with van der Waals surface area (Å²) < 4.78 is 10.4. The molecular weight excluding hydrogens is 214 g/mol. The third-order valence-electron chi connectivity index (χ3n) is 1.06. The van der Waals surface area contributed by atoms with Gasteiger partial charge in [0.25, 0.3) is 0 Å². The number of hydrogen-bond acceptors (Lipinski definition) is 3. The van der Waals surface area contributed by atoms with Crippen molar-refractivity contribution in [2.75, 3.05) is 0 Å². The minimum Gasteiger partial charge on any atom is -1.00 e. The predicted octanol–water partition coefficient (Wildman–Crippen LogP) is -3.79. The summed E-state index contributed by atoms with van der Waals surface area (Å²) >= 11 is 0. The van der Waals surface area contributed by atoms with Crippen LogP contribution >= 0.6 is 7.60 Å². The van der Waals surface area contributed by atoms with Crippen LogP contribution in [0.5, 0.6) is 0 Å². The number of carboxylic acids is 2. The van der Waals surface area contributed by atoms with Crippen LogP contribution in [0.4, 0.5) is 0 Å². The van der Waals surface area contributed by atoms with E-state index in [1.807, 2.05) is 0 Å². The summed E-state index contributed by atoms with van der Waals surface area (Å²) in [4.78, 5) is 36.8. The average molecular weight is 222 g/mol. The molecule has 0 aromatic heterocycles. The molecule has 7 nitrogen and oxygen atoms in total. The Hall–Kier alpha value is 0.0900. The number of rotatable bonds is 4. The van der Waals surface area contributed by atoms with Crippen LogP contribution in [0.15, 0.2) is 0 Å². The van der Waals surface area contributed by atoms with Gasteiger partial charge in [-0.25, -0.2) is 0 Å². The summed E-state index contributed by atoms with van der Waals surface area (Å²) in [7, 11) is -4.87. The van der Waals surface area contributed by atoms with Crippen molar-refractivity contribution in [1.29, 1.82) is 0 Å². The Morgan fingerprint density at radius 1 is 1.31 bits per heavy atom. The molecular formula is C4H8NaO7P. The largest absolute Gasteiger partial charge is 1.00 e. The molecule has 0 bridgehead atoms. The standard InChI is InChI=1S/C4H7O7P.Na.H/c5-3(6)1-2(4(7)8)12(9,10)11;;/h2H,1H2,(H,5,6)(H,7,8)(H2,9,10,11);;/q;+1;-1. The van der Waals surface area contributed by atoms with E-state index in [0.29, 0.717) is 0 Å². The van der Waals surface area contributed by atoms with Crippen LogP contribution in [0, 0.1) is 0 Å². The zero-order valence-corrected chi connectivity index (χ0v) is 9.64. The third-order valence-corrected chi connectivity index (χ3v) is 2.27. The van der Waals surface area contributed by atoms with Gasteiger partial charge < -0.3 is 21.4 Å². The minimum atomic E-state index is -4.87. The molecule has 0 aromatic carbocycles. The molecule has 0 aliphatic carbocycles. The van der Waals surface area contributed by atoms with Crippen LogP contribution in [0.2, 0.25) is 0 Å². The van der Waals surface area contributed by atoms with Gasteiger partial charge >= 0.3 is 49.1 Å². The first-order valence-corrected chi connectivity index (χ1v) is 4.43. The van der Waals surface area contributed by atoms with Gasteiger partial charge in [0, 0.05) is 0 Å². The van der Waals surface area contributed by atoms with Gasteiger partial charge in [0.2, 0.25) is 0 Å². The first kappa shape index (κ1) is 15.6. The first-order valence-electron chi connectivity index (χ1n) is 2.75. The molecule has 1 atom stereocenters. The maximum Gasteiger partial charge on any atom is 1.00 e. The second kappa shape index (κ2) is 5.74. The summed E-state index contributed by atoms with van der Waals surface area (Å²) in [5, 5.41) is 16.3. The van der Waals surface area contributed by atoms with Crippen LogP contribution in [0.25, 0.3) is 0 Å². The van der Waals surface area contributed by atoms with E-state index in [9.17, 15) is 14.2 Å². The summed E-state index contributed by atoms with van der Waals surface area (Å²) in [5.74, 6) is -3.38. The Balaban J connectivity index is -0.000000605. The fourth-order valence-electron chi connectivity index (χ4n) is 0.515. The van der Waals surface area contributed by atoms with Crippen molar-refractivity contribution < 1.29 is 65.1 Å². The molecule has 0 aliphatic heterocycles. The molecule has 0 saturated heterocycles. The van der Waals surface area contributed by atoms with Crippen LogP contribution in [-0.2, 0) is 14.2 Å². The quantitative estimate of drug-likeness (QED) is 0.283. The second-order valence-electron chi connectivity index (χ2n) is 2.04. The number of aliphatic carboxylic acids is 2. The molecule has 0 fully saturated rings. The monoisotopic (exact) mass is 222 g/mol. The van der Waals surface area contributed by atoms with E-state index >= 15 is 0 Å². The summed E-state index contributed by atoms with van der Waals surface area (Å²) in [6.07, 6.45) is -1.08. The van der Waals surface area contributed by atoms with E-state index in [4.69, 9.17) is 20.0 Å². The molecule has 0 aliphatic rings. The Morgan fingerprint density at radius 3 is 1.77 bits per heavy atom. The van der Waals surface area contributed by atoms with E-state index in [2.05, 4.69) is 0 Å². The van der Waals surface area contributed by atoms with E-state index in [-0.39, 0.29) is 31.0 Å². The van der Waals surface area contributed by atoms with Crippen LogP contribution in [0.3, 0.4) is 0 Å². The molecule has 72 valence electrons. The molecule has 0 radical (unpaired) electrons. The van der Waals surface area contributed by atoms with Crippen molar-refractivity contribution in [1.82, 2.24) is 0 Å². The molecule has 0 saturated carbocycles. The maximum absolute atomic E-state index is 10.4.